The molecule has 1 atom stereocenters. The van der Waals surface area contributed by atoms with E-state index in [0.29, 0.717) is 16.1 Å². The predicted octanol–water partition coefficient (Wildman–Crippen LogP) is 6.85. The molecule has 0 aliphatic heterocycles. The first kappa shape index (κ1) is 34.7. The third-order valence-electron chi connectivity index (χ3n) is 7.35. The third-order valence-corrected chi connectivity index (χ3v) is 9.36. The molecule has 2 amide bonds. The van der Waals surface area contributed by atoms with Gasteiger partial charge in [0.05, 0.1) is 10.6 Å². The Balaban J connectivity index is 1.84. The summed E-state index contributed by atoms with van der Waals surface area (Å²) in [4.78, 5) is 29.9. The van der Waals surface area contributed by atoms with Gasteiger partial charge in [0, 0.05) is 23.5 Å². The van der Waals surface area contributed by atoms with Gasteiger partial charge >= 0.3 is 0 Å². The van der Waals surface area contributed by atoms with E-state index in [2.05, 4.69) is 5.32 Å². The van der Waals surface area contributed by atoms with Crippen LogP contribution in [0.1, 0.15) is 43.0 Å². The van der Waals surface area contributed by atoms with Crippen LogP contribution in [0.3, 0.4) is 0 Å². The van der Waals surface area contributed by atoms with Gasteiger partial charge in [-0.25, -0.2) is 12.8 Å². The molecule has 0 aliphatic rings. The lowest BCUT2D eigenvalue weighted by Gasteiger charge is -2.35. The molecule has 0 fully saturated rings. The normalized spacial score (nSPS) is 12.3. The van der Waals surface area contributed by atoms with Crippen LogP contribution in [0.15, 0.2) is 102 Å². The molecule has 4 rings (SSSR count). The Morgan fingerprint density at radius 3 is 2.09 bits per heavy atom. The number of sulfonamides is 1. The van der Waals surface area contributed by atoms with Gasteiger partial charge in [-0.15, -0.1) is 0 Å². The van der Waals surface area contributed by atoms with Crippen LogP contribution in [0.2, 0.25) is 5.02 Å². The fraction of sp³-hybridized carbons (Fsp3) is 0.278. The fourth-order valence-electron chi connectivity index (χ4n) is 5.04. The summed E-state index contributed by atoms with van der Waals surface area (Å²) in [5.74, 6) is -1.46. The second-order valence-corrected chi connectivity index (χ2v) is 14.6. The van der Waals surface area contributed by atoms with Crippen LogP contribution < -0.4 is 9.62 Å². The number of carbonyl (C=O) groups is 2. The molecule has 0 unspecified atom stereocenters. The van der Waals surface area contributed by atoms with Crippen LogP contribution in [0, 0.1) is 19.7 Å². The van der Waals surface area contributed by atoms with E-state index in [1.165, 1.54) is 29.2 Å². The highest BCUT2D eigenvalue weighted by Crippen LogP contribution is 2.30. The summed E-state index contributed by atoms with van der Waals surface area (Å²) in [6.07, 6.45) is 0.167. The number of nitrogens with one attached hydrogen (secondary N) is 1. The molecule has 0 saturated carbocycles. The maximum atomic E-state index is 14.6. The number of halogens is 2. The highest BCUT2D eigenvalue weighted by atomic mass is 35.5. The molecule has 1 N–H and O–H groups in total. The predicted molar refractivity (Wildman–Crippen MR) is 181 cm³/mol. The summed E-state index contributed by atoms with van der Waals surface area (Å²) >= 11 is 6.22. The highest BCUT2D eigenvalue weighted by Gasteiger charge is 2.36. The van der Waals surface area contributed by atoms with Gasteiger partial charge in [-0.05, 0) is 93.8 Å². The maximum absolute atomic E-state index is 14.6. The summed E-state index contributed by atoms with van der Waals surface area (Å²) in [6.45, 7) is 8.43. The number of hydrogen-bond donors (Lipinski definition) is 1. The van der Waals surface area contributed by atoms with Crippen molar-refractivity contribution in [1.82, 2.24) is 10.2 Å². The van der Waals surface area contributed by atoms with Gasteiger partial charge in [-0.2, -0.15) is 0 Å². The van der Waals surface area contributed by atoms with E-state index in [1.807, 2.05) is 58.0 Å². The van der Waals surface area contributed by atoms with E-state index in [-0.39, 0.29) is 23.5 Å². The van der Waals surface area contributed by atoms with Crippen molar-refractivity contribution in [3.05, 3.63) is 130 Å². The minimum atomic E-state index is -4.25. The molecule has 0 heterocycles. The number of hydrogen-bond acceptors (Lipinski definition) is 4. The van der Waals surface area contributed by atoms with Crippen molar-refractivity contribution in [3.63, 3.8) is 0 Å². The molecule has 0 bridgehead atoms. The van der Waals surface area contributed by atoms with E-state index >= 15 is 0 Å². The topological polar surface area (TPSA) is 86.8 Å². The molecule has 242 valence electrons. The summed E-state index contributed by atoms with van der Waals surface area (Å²) in [5.41, 5.74) is 2.48. The smallest absolute Gasteiger partial charge is 0.264 e. The SMILES string of the molecule is Cc1ccc(S(=O)(=O)N(CC(=O)N(Cc2ccc(F)cc2)[C@@H](Cc2ccccc2)C(=O)NC(C)(C)C)c2ccc(Cl)cc2C)cc1. The Labute approximate surface area is 276 Å². The van der Waals surface area contributed by atoms with Crippen LogP contribution in [0.25, 0.3) is 0 Å². The largest absolute Gasteiger partial charge is 0.350 e. The minimum absolute atomic E-state index is 0.0108. The molecule has 4 aromatic carbocycles. The van der Waals surface area contributed by atoms with Crippen LogP contribution in [0.4, 0.5) is 10.1 Å². The maximum Gasteiger partial charge on any atom is 0.264 e. The number of aryl methyl sites for hydroxylation is 2. The van der Waals surface area contributed by atoms with Crippen molar-refractivity contribution >= 4 is 39.1 Å². The van der Waals surface area contributed by atoms with Gasteiger partial charge in [0.25, 0.3) is 10.0 Å². The zero-order valence-corrected chi connectivity index (χ0v) is 28.2. The van der Waals surface area contributed by atoms with Crippen LogP contribution in [-0.2, 0) is 32.6 Å². The number of benzene rings is 4. The van der Waals surface area contributed by atoms with Crippen molar-refractivity contribution < 1.29 is 22.4 Å². The quantitative estimate of drug-likeness (QED) is 0.190. The summed E-state index contributed by atoms with van der Waals surface area (Å²) in [7, 11) is -4.25. The third kappa shape index (κ3) is 8.95. The second kappa shape index (κ2) is 14.5. The lowest BCUT2D eigenvalue weighted by Crippen LogP contribution is -2.56. The molecular weight excluding hydrogens is 625 g/mol. The Kier molecular flexibility index (Phi) is 10.9. The highest BCUT2D eigenvalue weighted by molar-refractivity contribution is 7.92. The minimum Gasteiger partial charge on any atom is -0.350 e. The van der Waals surface area contributed by atoms with Gasteiger partial charge in [0.1, 0.15) is 18.4 Å². The lowest BCUT2D eigenvalue weighted by atomic mass is 10.0. The van der Waals surface area contributed by atoms with Crippen molar-refractivity contribution in [1.29, 1.82) is 0 Å². The Bertz CT molecular complexity index is 1780. The van der Waals surface area contributed by atoms with Crippen molar-refractivity contribution in [2.75, 3.05) is 10.8 Å². The monoisotopic (exact) mass is 663 g/mol. The van der Waals surface area contributed by atoms with Crippen LogP contribution >= 0.6 is 11.6 Å². The fourth-order valence-corrected chi connectivity index (χ4v) is 6.75. The average molecular weight is 664 g/mol. The Morgan fingerprint density at radius 2 is 1.50 bits per heavy atom. The van der Waals surface area contributed by atoms with E-state index in [9.17, 15) is 22.4 Å². The number of rotatable bonds is 11. The molecule has 4 aromatic rings. The zero-order valence-electron chi connectivity index (χ0n) is 26.6. The van der Waals surface area contributed by atoms with Crippen molar-refractivity contribution in [3.8, 4) is 0 Å². The van der Waals surface area contributed by atoms with Crippen molar-refractivity contribution in [2.24, 2.45) is 0 Å². The van der Waals surface area contributed by atoms with E-state index in [1.54, 1.807) is 49.4 Å². The van der Waals surface area contributed by atoms with Gasteiger partial charge in [0.2, 0.25) is 11.8 Å². The van der Waals surface area contributed by atoms with Gasteiger partial charge in [-0.3, -0.25) is 13.9 Å². The van der Waals surface area contributed by atoms with E-state index in [4.69, 9.17) is 11.6 Å². The first-order valence-electron chi connectivity index (χ1n) is 14.9. The lowest BCUT2D eigenvalue weighted by molar-refractivity contribution is -0.140. The number of carbonyl (C=O) groups excluding carboxylic acids is 2. The molecular formula is C36H39ClFN3O4S. The van der Waals surface area contributed by atoms with E-state index in [0.717, 1.165) is 15.4 Å². The summed E-state index contributed by atoms with van der Waals surface area (Å²) in [5, 5.41) is 3.41. The van der Waals surface area contributed by atoms with Crippen LogP contribution in [-0.4, -0.2) is 43.3 Å². The number of nitrogens with zero attached hydrogens (tertiary/aromatic N) is 2. The molecule has 0 spiro atoms. The molecule has 0 radical (unpaired) electrons. The van der Waals surface area contributed by atoms with Gasteiger partial charge < -0.3 is 10.2 Å². The zero-order chi connectivity index (χ0) is 33.6. The van der Waals surface area contributed by atoms with Crippen LogP contribution in [0.5, 0.6) is 0 Å². The summed E-state index contributed by atoms with van der Waals surface area (Å²) in [6, 6.07) is 25.0. The summed E-state index contributed by atoms with van der Waals surface area (Å²) < 4.78 is 43.4. The number of anilines is 1. The van der Waals surface area contributed by atoms with Gasteiger partial charge in [-0.1, -0.05) is 71.8 Å². The van der Waals surface area contributed by atoms with Gasteiger partial charge in [0.15, 0.2) is 0 Å². The first-order valence-corrected chi connectivity index (χ1v) is 16.7. The first-order chi connectivity index (χ1) is 21.6. The number of amides is 2. The standard InChI is InChI=1S/C36H39ClFN3O4S/c1-25-11-18-31(19-12-25)46(44,45)41(32-20-15-29(37)21-26(32)2)24-34(42)40(23-28-13-16-30(38)17-14-28)33(35(43)39-36(3,4)5)22-27-9-7-6-8-10-27/h6-21,33H,22-24H2,1-5H3,(H,39,43)/t33-/m0/s1. The molecule has 7 nitrogen and oxygen atoms in total. The molecule has 0 saturated heterocycles. The Hall–Kier alpha value is -4.21. The van der Waals surface area contributed by atoms with E-state index < -0.39 is 45.8 Å². The Morgan fingerprint density at radius 1 is 0.870 bits per heavy atom. The molecule has 46 heavy (non-hydrogen) atoms. The second-order valence-electron chi connectivity index (χ2n) is 12.3. The molecule has 10 heteroatoms. The average Bonchev–Trinajstić information content (AvgIpc) is 2.98. The van der Waals surface area contributed by atoms with Crippen molar-refractivity contribution in [2.45, 2.75) is 64.1 Å². The molecule has 0 aliphatic carbocycles. The molecule has 0 aromatic heterocycles.